The van der Waals surface area contributed by atoms with Gasteiger partial charge in [-0.05, 0) is 42.3 Å². The molecule has 9 heteroatoms. The normalized spacial score (nSPS) is 17.4. The molecule has 0 fully saturated rings. The Morgan fingerprint density at radius 3 is 2.49 bits per heavy atom. The number of esters is 1. The van der Waals surface area contributed by atoms with Gasteiger partial charge in [0.2, 0.25) is 0 Å². The second kappa shape index (κ2) is 9.99. The first kappa shape index (κ1) is 24.0. The maximum atomic E-state index is 13.3. The van der Waals surface area contributed by atoms with E-state index in [-0.39, 0.29) is 23.6 Å². The Bertz CT molecular complexity index is 1340. The standard InChI is InChI=1S/C26H23N3O5S/c1-4-34-26(31)23-22(16-8-6-10-18(12-16)33-3)19(14-27)24(28)29-21(30)13-20(35-25(23)29)15-7-5-9-17(11-15)32-2/h5-13,22H,4,28H2,1-3H3. The Morgan fingerprint density at radius 1 is 1.14 bits per heavy atom. The third-order valence-electron chi connectivity index (χ3n) is 5.61. The highest BCUT2D eigenvalue weighted by Gasteiger charge is 2.43. The molecule has 2 aliphatic rings. The van der Waals surface area contributed by atoms with Crippen LogP contribution in [-0.4, -0.2) is 37.6 Å². The van der Waals surface area contributed by atoms with Gasteiger partial charge in [-0.2, -0.15) is 5.26 Å². The summed E-state index contributed by atoms with van der Waals surface area (Å²) in [5, 5.41) is 10.3. The molecule has 1 unspecified atom stereocenters. The maximum absolute atomic E-state index is 13.3. The number of carbonyl (C=O) groups excluding carboxylic acids is 2. The van der Waals surface area contributed by atoms with Gasteiger partial charge in [0, 0.05) is 11.0 Å². The van der Waals surface area contributed by atoms with E-state index in [1.807, 2.05) is 12.1 Å². The summed E-state index contributed by atoms with van der Waals surface area (Å²) in [6.07, 6.45) is 1.43. The summed E-state index contributed by atoms with van der Waals surface area (Å²) in [6.45, 7) is 1.82. The second-order valence-electron chi connectivity index (χ2n) is 7.58. The summed E-state index contributed by atoms with van der Waals surface area (Å²) in [4.78, 5) is 28.4. The van der Waals surface area contributed by atoms with Crippen molar-refractivity contribution in [2.45, 2.75) is 12.8 Å². The minimum Gasteiger partial charge on any atom is -0.497 e. The van der Waals surface area contributed by atoms with Crippen LogP contribution in [0.25, 0.3) is 4.91 Å². The van der Waals surface area contributed by atoms with Crippen LogP contribution in [0, 0.1) is 11.3 Å². The zero-order chi connectivity index (χ0) is 25.1. The molecule has 0 bridgehead atoms. The van der Waals surface area contributed by atoms with E-state index in [0.29, 0.717) is 27.0 Å². The number of fused-ring (bicyclic) bond motifs is 1. The molecule has 35 heavy (non-hydrogen) atoms. The molecule has 0 spiro atoms. The smallest absolute Gasteiger partial charge is 0.337 e. The third-order valence-corrected chi connectivity index (χ3v) is 6.78. The molecule has 178 valence electrons. The van der Waals surface area contributed by atoms with Crippen LogP contribution in [-0.2, 0) is 14.3 Å². The van der Waals surface area contributed by atoms with Gasteiger partial charge in [0.15, 0.2) is 0 Å². The Hall–Kier alpha value is -4.16. The first-order chi connectivity index (χ1) is 16.9. The van der Waals surface area contributed by atoms with E-state index in [9.17, 15) is 14.9 Å². The van der Waals surface area contributed by atoms with E-state index in [2.05, 4.69) is 6.07 Å². The molecule has 1 atom stereocenters. The topological polar surface area (TPSA) is 115 Å². The second-order valence-corrected chi connectivity index (χ2v) is 8.61. The molecule has 4 rings (SSSR count). The Morgan fingerprint density at radius 2 is 1.83 bits per heavy atom. The number of methoxy groups -OCH3 is 2. The van der Waals surface area contributed by atoms with Crippen LogP contribution in [0.5, 0.6) is 11.5 Å². The molecular formula is C26H23N3O5S. The number of amides is 1. The quantitative estimate of drug-likeness (QED) is 0.608. The van der Waals surface area contributed by atoms with E-state index < -0.39 is 17.8 Å². The van der Waals surface area contributed by atoms with Crippen molar-refractivity contribution in [3.05, 3.63) is 87.7 Å². The summed E-state index contributed by atoms with van der Waals surface area (Å²) >= 11 is 1.21. The number of benzene rings is 2. The first-order valence-electron chi connectivity index (χ1n) is 10.8. The van der Waals surface area contributed by atoms with Crippen LogP contribution in [0.1, 0.15) is 24.0 Å². The summed E-state index contributed by atoms with van der Waals surface area (Å²) in [5.41, 5.74) is 7.98. The molecule has 0 radical (unpaired) electrons. The van der Waals surface area contributed by atoms with Crippen LogP contribution in [0.2, 0.25) is 0 Å². The molecule has 8 nitrogen and oxygen atoms in total. The molecule has 2 aromatic carbocycles. The molecule has 2 heterocycles. The predicted octanol–water partition coefficient (Wildman–Crippen LogP) is 3.89. The highest BCUT2D eigenvalue weighted by atomic mass is 32.2. The van der Waals surface area contributed by atoms with Crippen molar-refractivity contribution < 1.29 is 23.8 Å². The van der Waals surface area contributed by atoms with Gasteiger partial charge in [-0.25, -0.2) is 4.79 Å². The lowest BCUT2D eigenvalue weighted by atomic mass is 9.83. The fourth-order valence-electron chi connectivity index (χ4n) is 4.00. The molecule has 0 saturated carbocycles. The Labute approximate surface area is 207 Å². The van der Waals surface area contributed by atoms with Gasteiger partial charge in [0.05, 0.1) is 44.0 Å². The number of hydrogen-bond donors (Lipinski definition) is 1. The Balaban J connectivity index is 1.95. The van der Waals surface area contributed by atoms with Crippen molar-refractivity contribution in [1.29, 1.82) is 5.26 Å². The van der Waals surface area contributed by atoms with Crippen LogP contribution in [0.15, 0.2) is 76.6 Å². The fraction of sp³-hybridized carbons (Fsp3) is 0.192. The number of nitrogens with two attached hydrogens (primary N) is 1. The van der Waals surface area contributed by atoms with Crippen LogP contribution in [0.3, 0.4) is 0 Å². The SMILES string of the molecule is CCOC(=O)C1=C2SC(c3cccc(OC)c3)=CC(=O)N2C(N)=C(C#N)C1c1cccc(OC)c1. The molecular weight excluding hydrogens is 466 g/mol. The number of hydrogen-bond acceptors (Lipinski definition) is 8. The average molecular weight is 490 g/mol. The third kappa shape index (κ3) is 4.36. The van der Waals surface area contributed by atoms with Gasteiger partial charge >= 0.3 is 5.97 Å². The predicted molar refractivity (Wildman–Crippen MR) is 132 cm³/mol. The molecule has 2 N–H and O–H groups in total. The van der Waals surface area contributed by atoms with Gasteiger partial charge < -0.3 is 19.9 Å². The van der Waals surface area contributed by atoms with Crippen LogP contribution >= 0.6 is 11.8 Å². The maximum Gasteiger partial charge on any atom is 0.337 e. The minimum atomic E-state index is -0.842. The Kier molecular flexibility index (Phi) is 6.85. The van der Waals surface area contributed by atoms with Crippen molar-refractivity contribution in [3.8, 4) is 17.6 Å². The zero-order valence-electron chi connectivity index (χ0n) is 19.4. The van der Waals surface area contributed by atoms with Gasteiger partial charge in [0.1, 0.15) is 22.3 Å². The van der Waals surface area contributed by atoms with Gasteiger partial charge in [0.25, 0.3) is 5.91 Å². The van der Waals surface area contributed by atoms with E-state index >= 15 is 0 Å². The molecule has 0 saturated heterocycles. The lowest BCUT2D eigenvalue weighted by Crippen LogP contribution is -2.40. The monoisotopic (exact) mass is 489 g/mol. The van der Waals surface area contributed by atoms with Crippen molar-refractivity contribution >= 4 is 28.5 Å². The summed E-state index contributed by atoms with van der Waals surface area (Å²) < 4.78 is 16.1. The van der Waals surface area contributed by atoms with E-state index in [0.717, 1.165) is 5.56 Å². The summed E-state index contributed by atoms with van der Waals surface area (Å²) in [5.74, 6) is -0.784. The first-order valence-corrected chi connectivity index (χ1v) is 11.6. The van der Waals surface area contributed by atoms with Crippen molar-refractivity contribution in [1.82, 2.24) is 4.90 Å². The zero-order valence-corrected chi connectivity index (χ0v) is 20.2. The van der Waals surface area contributed by atoms with Gasteiger partial charge in [-0.1, -0.05) is 36.0 Å². The average Bonchev–Trinajstić information content (AvgIpc) is 2.88. The van der Waals surface area contributed by atoms with Crippen molar-refractivity contribution in [3.63, 3.8) is 0 Å². The van der Waals surface area contributed by atoms with Gasteiger partial charge in [-0.3, -0.25) is 9.69 Å². The largest absolute Gasteiger partial charge is 0.497 e. The number of nitriles is 1. The van der Waals surface area contributed by atoms with Crippen molar-refractivity contribution in [2.75, 3.05) is 20.8 Å². The summed E-state index contributed by atoms with van der Waals surface area (Å²) in [7, 11) is 3.09. The fourth-order valence-corrected chi connectivity index (χ4v) is 5.21. The number of rotatable bonds is 6. The van der Waals surface area contributed by atoms with Crippen LogP contribution in [0.4, 0.5) is 0 Å². The molecule has 0 aromatic heterocycles. The number of allylic oxidation sites excluding steroid dienone is 1. The lowest BCUT2D eigenvalue weighted by molar-refractivity contribution is -0.138. The molecule has 0 aliphatic carbocycles. The van der Waals surface area contributed by atoms with E-state index in [4.69, 9.17) is 19.9 Å². The highest BCUT2D eigenvalue weighted by molar-refractivity contribution is 8.11. The molecule has 1 amide bonds. The lowest BCUT2D eigenvalue weighted by Gasteiger charge is -2.37. The van der Waals surface area contributed by atoms with Gasteiger partial charge in [-0.15, -0.1) is 0 Å². The number of carbonyl (C=O) groups is 2. The minimum absolute atomic E-state index is 0.0261. The number of thioether (sulfide) groups is 1. The molecule has 2 aliphatic heterocycles. The molecule has 2 aromatic rings. The van der Waals surface area contributed by atoms with Crippen LogP contribution < -0.4 is 15.2 Å². The number of nitrogens with zero attached hydrogens (tertiary/aromatic N) is 2. The van der Waals surface area contributed by atoms with Crippen molar-refractivity contribution in [2.24, 2.45) is 5.73 Å². The van der Waals surface area contributed by atoms with E-state index in [1.54, 1.807) is 50.4 Å². The highest BCUT2D eigenvalue weighted by Crippen LogP contribution is 2.50. The number of ether oxygens (including phenoxy) is 3. The summed E-state index contributed by atoms with van der Waals surface area (Å²) in [6, 6.07) is 16.4. The van der Waals surface area contributed by atoms with E-state index in [1.165, 1.54) is 29.8 Å².